The van der Waals surface area contributed by atoms with Gasteiger partial charge in [-0.15, -0.1) is 0 Å². The Bertz CT molecular complexity index is 1110. The molecule has 1 saturated heterocycles. The number of hydrogen-bond acceptors (Lipinski definition) is 4. The third-order valence-corrected chi connectivity index (χ3v) is 7.76. The predicted octanol–water partition coefficient (Wildman–Crippen LogP) is 6.20. The van der Waals surface area contributed by atoms with Crippen molar-refractivity contribution in [1.82, 2.24) is 14.5 Å². The second-order valence-corrected chi connectivity index (χ2v) is 10.6. The lowest BCUT2D eigenvalue weighted by molar-refractivity contribution is 0.203. The molecule has 5 nitrogen and oxygen atoms in total. The van der Waals surface area contributed by atoms with Gasteiger partial charge in [0.2, 0.25) is 0 Å². The molecule has 1 fully saturated rings. The first-order chi connectivity index (χ1) is 14.7. The van der Waals surface area contributed by atoms with Gasteiger partial charge in [-0.25, -0.2) is 9.97 Å². The molecular formula is C24H30Br2N4O. The minimum absolute atomic E-state index is 0.273. The van der Waals surface area contributed by atoms with E-state index in [4.69, 9.17) is 9.97 Å². The zero-order valence-electron chi connectivity index (χ0n) is 18.8. The molecule has 0 aliphatic carbocycles. The monoisotopic (exact) mass is 548 g/mol. The van der Waals surface area contributed by atoms with Gasteiger partial charge in [0.1, 0.15) is 11.6 Å². The molecule has 0 spiro atoms. The second-order valence-electron chi connectivity index (χ2n) is 8.94. The van der Waals surface area contributed by atoms with Crippen LogP contribution in [0.3, 0.4) is 0 Å². The number of rotatable bonds is 4. The van der Waals surface area contributed by atoms with Gasteiger partial charge in [-0.3, -0.25) is 4.57 Å². The van der Waals surface area contributed by atoms with Gasteiger partial charge in [-0.2, -0.15) is 0 Å². The minimum Gasteiger partial charge on any atom is -0.396 e. The molecule has 1 N–H and O–H groups in total. The fraction of sp³-hybridized carbons (Fsp3) is 0.500. The Hall–Kier alpha value is -1.44. The van der Waals surface area contributed by atoms with Gasteiger partial charge in [0.25, 0.3) is 0 Å². The smallest absolute Gasteiger partial charge is 0.150 e. The Morgan fingerprint density at radius 2 is 1.68 bits per heavy atom. The lowest BCUT2D eigenvalue weighted by Gasteiger charge is -2.32. The summed E-state index contributed by atoms with van der Waals surface area (Å²) in [6.45, 7) is 12.8. The Morgan fingerprint density at radius 1 is 1.06 bits per heavy atom. The molecule has 31 heavy (non-hydrogen) atoms. The first-order valence-electron chi connectivity index (χ1n) is 10.9. The summed E-state index contributed by atoms with van der Waals surface area (Å²) in [7, 11) is 0. The molecule has 0 amide bonds. The molecule has 4 rings (SSSR count). The fourth-order valence-corrected chi connectivity index (χ4v) is 6.09. The molecule has 3 aromatic rings. The number of anilines is 1. The lowest BCUT2D eigenvalue weighted by Crippen LogP contribution is -2.35. The van der Waals surface area contributed by atoms with Gasteiger partial charge in [-0.1, -0.05) is 13.8 Å². The van der Waals surface area contributed by atoms with Gasteiger partial charge in [-0.05, 0) is 101 Å². The molecule has 0 atom stereocenters. The first kappa shape index (κ1) is 22.7. The standard InChI is InChI=1S/C24H30Br2N4O/c1-13(2)18-10-19(25)22(20(26)11-18)30-15(4)14(3)21-23(27-16(5)28-24(21)30)29-8-6-17(12-31)7-9-29/h10-11,13,17,31H,6-9,12H2,1-5H3. The van der Waals surface area contributed by atoms with Gasteiger partial charge < -0.3 is 10.0 Å². The molecule has 3 heterocycles. The van der Waals surface area contributed by atoms with E-state index in [0.29, 0.717) is 11.8 Å². The normalized spacial score (nSPS) is 15.5. The number of aliphatic hydroxyl groups is 1. The van der Waals surface area contributed by atoms with Gasteiger partial charge in [0.15, 0.2) is 5.65 Å². The molecule has 0 bridgehead atoms. The average molecular weight is 550 g/mol. The number of benzene rings is 1. The van der Waals surface area contributed by atoms with Crippen LogP contribution in [0, 0.1) is 26.7 Å². The molecule has 0 saturated carbocycles. The third-order valence-electron chi connectivity index (χ3n) is 6.55. The van der Waals surface area contributed by atoms with E-state index in [1.807, 2.05) is 6.92 Å². The number of halogens is 2. The summed E-state index contributed by atoms with van der Waals surface area (Å²) in [5.41, 5.74) is 5.68. The van der Waals surface area contributed by atoms with Crippen LogP contribution in [0.2, 0.25) is 0 Å². The predicted molar refractivity (Wildman–Crippen MR) is 135 cm³/mol. The topological polar surface area (TPSA) is 54.2 Å². The van der Waals surface area contributed by atoms with Crippen LogP contribution in [0.25, 0.3) is 16.7 Å². The van der Waals surface area contributed by atoms with Crippen molar-refractivity contribution in [3.05, 3.63) is 43.7 Å². The number of nitrogens with zero attached hydrogens (tertiary/aromatic N) is 4. The van der Waals surface area contributed by atoms with Crippen LogP contribution >= 0.6 is 31.9 Å². The lowest BCUT2D eigenvalue weighted by atomic mass is 9.97. The zero-order valence-corrected chi connectivity index (χ0v) is 22.0. The van der Waals surface area contributed by atoms with Crippen molar-refractivity contribution in [2.45, 2.75) is 53.4 Å². The summed E-state index contributed by atoms with van der Waals surface area (Å²) in [6.07, 6.45) is 1.99. The van der Waals surface area contributed by atoms with E-state index in [-0.39, 0.29) is 6.61 Å². The molecule has 0 unspecified atom stereocenters. The van der Waals surface area contributed by atoms with Gasteiger partial charge in [0, 0.05) is 34.3 Å². The molecule has 7 heteroatoms. The molecule has 1 aliphatic rings. The van der Waals surface area contributed by atoms with Crippen LogP contribution in [-0.4, -0.2) is 39.3 Å². The molecule has 1 aliphatic heterocycles. The zero-order chi connectivity index (χ0) is 22.4. The highest BCUT2D eigenvalue weighted by Gasteiger charge is 2.26. The maximum Gasteiger partial charge on any atom is 0.150 e. The van der Waals surface area contributed by atoms with E-state index >= 15 is 0 Å². The van der Waals surface area contributed by atoms with Crippen molar-refractivity contribution in [3.63, 3.8) is 0 Å². The van der Waals surface area contributed by atoms with E-state index in [0.717, 1.165) is 63.2 Å². The van der Waals surface area contributed by atoms with Gasteiger partial charge >= 0.3 is 0 Å². The van der Waals surface area contributed by atoms with Gasteiger partial charge in [0.05, 0.1) is 11.1 Å². The van der Waals surface area contributed by atoms with Crippen LogP contribution in [-0.2, 0) is 0 Å². The third kappa shape index (κ3) is 4.05. The van der Waals surface area contributed by atoms with E-state index in [9.17, 15) is 5.11 Å². The summed E-state index contributed by atoms with van der Waals surface area (Å²) in [5.74, 6) is 2.64. The summed E-state index contributed by atoms with van der Waals surface area (Å²) < 4.78 is 4.35. The van der Waals surface area contributed by atoms with E-state index in [2.05, 4.69) is 81.2 Å². The Labute approximate surface area is 201 Å². The quantitative estimate of drug-likeness (QED) is 0.420. The summed E-state index contributed by atoms with van der Waals surface area (Å²) in [4.78, 5) is 12.2. The van der Waals surface area contributed by atoms with Crippen molar-refractivity contribution >= 4 is 48.7 Å². The van der Waals surface area contributed by atoms with Crippen molar-refractivity contribution in [2.24, 2.45) is 5.92 Å². The van der Waals surface area contributed by atoms with Crippen LogP contribution in [0.15, 0.2) is 21.1 Å². The highest BCUT2D eigenvalue weighted by molar-refractivity contribution is 9.11. The minimum atomic E-state index is 0.273. The maximum absolute atomic E-state index is 9.52. The molecule has 1 aromatic carbocycles. The van der Waals surface area contributed by atoms with Crippen molar-refractivity contribution in [1.29, 1.82) is 0 Å². The highest BCUT2D eigenvalue weighted by Crippen LogP contribution is 2.40. The fourth-order valence-electron chi connectivity index (χ4n) is 4.51. The second kappa shape index (κ2) is 8.83. The number of hydrogen-bond donors (Lipinski definition) is 1. The average Bonchev–Trinajstić information content (AvgIpc) is 2.97. The SMILES string of the molecule is Cc1nc(N2CCC(CO)CC2)c2c(C)c(C)n(-c3c(Br)cc(C(C)C)cc3Br)c2n1. The number of aryl methyl sites for hydroxylation is 2. The number of piperidine rings is 1. The Balaban J connectivity index is 1.92. The van der Waals surface area contributed by atoms with Crippen LogP contribution in [0.4, 0.5) is 5.82 Å². The van der Waals surface area contributed by atoms with Crippen LogP contribution < -0.4 is 4.90 Å². The van der Waals surface area contributed by atoms with E-state index in [1.165, 1.54) is 16.8 Å². The molecule has 2 aromatic heterocycles. The van der Waals surface area contributed by atoms with Crippen LogP contribution in [0.1, 0.15) is 55.3 Å². The van der Waals surface area contributed by atoms with Crippen molar-refractivity contribution in [2.75, 3.05) is 24.6 Å². The maximum atomic E-state index is 9.52. The molecular weight excluding hydrogens is 520 g/mol. The van der Waals surface area contributed by atoms with E-state index in [1.54, 1.807) is 0 Å². The molecule has 166 valence electrons. The number of aliphatic hydroxyl groups excluding tert-OH is 1. The van der Waals surface area contributed by atoms with Crippen LogP contribution in [0.5, 0.6) is 0 Å². The largest absolute Gasteiger partial charge is 0.396 e. The first-order valence-corrected chi connectivity index (χ1v) is 12.5. The summed E-state index contributed by atoms with van der Waals surface area (Å²) in [6, 6.07) is 4.42. The van der Waals surface area contributed by atoms with E-state index < -0.39 is 0 Å². The van der Waals surface area contributed by atoms with Crippen molar-refractivity contribution < 1.29 is 5.11 Å². The Kier molecular flexibility index (Phi) is 6.48. The van der Waals surface area contributed by atoms with Crippen molar-refractivity contribution in [3.8, 4) is 5.69 Å². The number of aromatic nitrogens is 3. The Morgan fingerprint density at radius 3 is 2.23 bits per heavy atom. The molecule has 0 radical (unpaired) electrons. The summed E-state index contributed by atoms with van der Waals surface area (Å²) >= 11 is 7.66. The number of fused-ring (bicyclic) bond motifs is 1. The summed E-state index contributed by atoms with van der Waals surface area (Å²) in [5, 5.41) is 10.6. The highest BCUT2D eigenvalue weighted by atomic mass is 79.9.